The molecule has 0 radical (unpaired) electrons. The molecule has 0 bridgehead atoms. The molecule has 11 heteroatoms. The Balaban J connectivity index is 1.60. The maximum atomic E-state index is 13.0. The summed E-state index contributed by atoms with van der Waals surface area (Å²) in [5, 5.41) is 10.2. The number of benzene rings is 2. The molecular formula is C25H27N7O4. The topological polar surface area (TPSA) is 165 Å². The highest BCUT2D eigenvalue weighted by molar-refractivity contribution is 6.02. The highest BCUT2D eigenvalue weighted by Crippen LogP contribution is 2.30. The number of nitrogens with one attached hydrogen (secondary N) is 2. The maximum Gasteiger partial charge on any atom is 0.248 e. The van der Waals surface area contributed by atoms with E-state index in [9.17, 15) is 19.2 Å². The zero-order valence-electron chi connectivity index (χ0n) is 19.9. The molecule has 3 aromatic rings. The Bertz CT molecular complexity index is 1320. The summed E-state index contributed by atoms with van der Waals surface area (Å²) in [4.78, 5) is 51.0. The van der Waals surface area contributed by atoms with Crippen molar-refractivity contribution < 1.29 is 19.2 Å². The van der Waals surface area contributed by atoms with E-state index in [0.717, 1.165) is 16.9 Å². The summed E-state index contributed by atoms with van der Waals surface area (Å²) in [7, 11) is 0. The Morgan fingerprint density at radius 1 is 1.06 bits per heavy atom. The van der Waals surface area contributed by atoms with Gasteiger partial charge in [0.2, 0.25) is 23.6 Å². The second-order valence-electron chi connectivity index (χ2n) is 8.57. The highest BCUT2D eigenvalue weighted by atomic mass is 16.2. The molecule has 1 unspecified atom stereocenters. The van der Waals surface area contributed by atoms with E-state index in [1.54, 1.807) is 9.58 Å². The largest absolute Gasteiger partial charge is 0.366 e. The van der Waals surface area contributed by atoms with Gasteiger partial charge >= 0.3 is 0 Å². The van der Waals surface area contributed by atoms with Crippen LogP contribution < -0.4 is 22.1 Å². The molecule has 0 saturated carbocycles. The summed E-state index contributed by atoms with van der Waals surface area (Å²) in [5.41, 5.74) is 14.0. The standard InChI is InChI=1S/C25H27N7O4/c1-14-21(15(2)32(30-14)19-6-4-3-5-7-19)22-25(36)28-8-9-31(22)13-20(33)29-18-11-16(23(26)34)10-17(12-18)24(27)35/h3-7,10-12,22H,8-9,13H2,1-2H3,(H2,26,34)(H2,27,35)(H,28,36)(H,29,33). The summed E-state index contributed by atoms with van der Waals surface area (Å²) < 4.78 is 1.78. The summed E-state index contributed by atoms with van der Waals surface area (Å²) in [5.74, 6) is -2.18. The fourth-order valence-corrected chi connectivity index (χ4v) is 4.44. The number of carbonyl (C=O) groups is 4. The first-order valence-electron chi connectivity index (χ1n) is 11.3. The van der Waals surface area contributed by atoms with E-state index >= 15 is 0 Å². The lowest BCUT2D eigenvalue weighted by molar-refractivity contribution is -0.130. The fourth-order valence-electron chi connectivity index (χ4n) is 4.44. The molecule has 2 aromatic carbocycles. The molecule has 1 aromatic heterocycles. The van der Waals surface area contributed by atoms with Gasteiger partial charge in [0.15, 0.2) is 0 Å². The molecule has 11 nitrogen and oxygen atoms in total. The number of hydrogen-bond donors (Lipinski definition) is 4. The number of carbonyl (C=O) groups excluding carboxylic acids is 4. The van der Waals surface area contributed by atoms with E-state index in [1.807, 2.05) is 44.2 Å². The van der Waals surface area contributed by atoms with Gasteiger partial charge < -0.3 is 22.1 Å². The Hall–Kier alpha value is -4.51. The van der Waals surface area contributed by atoms with Gasteiger partial charge in [0.25, 0.3) is 0 Å². The minimum Gasteiger partial charge on any atom is -0.366 e. The number of nitrogens with zero attached hydrogens (tertiary/aromatic N) is 3. The first-order valence-corrected chi connectivity index (χ1v) is 11.3. The van der Waals surface area contributed by atoms with Gasteiger partial charge in [-0.3, -0.25) is 24.1 Å². The first kappa shape index (κ1) is 24.6. The maximum absolute atomic E-state index is 13.0. The van der Waals surface area contributed by atoms with Crippen molar-refractivity contribution in [2.45, 2.75) is 19.9 Å². The molecular weight excluding hydrogens is 462 g/mol. The summed E-state index contributed by atoms with van der Waals surface area (Å²) >= 11 is 0. The second-order valence-corrected chi connectivity index (χ2v) is 8.57. The van der Waals surface area contributed by atoms with Gasteiger partial charge in [-0.15, -0.1) is 0 Å². The number of rotatable bonds is 7. The van der Waals surface area contributed by atoms with Crippen LogP contribution in [0.1, 0.15) is 43.7 Å². The van der Waals surface area contributed by atoms with Crippen LogP contribution in [-0.2, 0) is 9.59 Å². The molecule has 1 saturated heterocycles. The summed E-state index contributed by atoms with van der Waals surface area (Å²) in [6, 6.07) is 12.9. The molecule has 1 aliphatic heterocycles. The van der Waals surface area contributed by atoms with Crippen LogP contribution in [0.2, 0.25) is 0 Å². The first-order chi connectivity index (χ1) is 17.2. The predicted molar refractivity (Wildman–Crippen MR) is 132 cm³/mol. The lowest BCUT2D eigenvalue weighted by Crippen LogP contribution is -2.52. The van der Waals surface area contributed by atoms with Crippen molar-refractivity contribution in [3.8, 4) is 5.69 Å². The van der Waals surface area contributed by atoms with Crippen LogP contribution in [0.5, 0.6) is 0 Å². The molecule has 1 atom stereocenters. The number of piperazine rings is 1. The van der Waals surface area contributed by atoms with Gasteiger partial charge in [0, 0.05) is 41.2 Å². The van der Waals surface area contributed by atoms with Crippen LogP contribution in [0, 0.1) is 13.8 Å². The predicted octanol–water partition coefficient (Wildman–Crippen LogP) is 0.799. The van der Waals surface area contributed by atoms with Crippen molar-refractivity contribution in [3.05, 3.63) is 76.6 Å². The van der Waals surface area contributed by atoms with Crippen molar-refractivity contribution in [1.29, 1.82) is 0 Å². The van der Waals surface area contributed by atoms with Crippen molar-refractivity contribution >= 4 is 29.3 Å². The third-order valence-electron chi connectivity index (χ3n) is 6.07. The van der Waals surface area contributed by atoms with Crippen molar-refractivity contribution in [3.63, 3.8) is 0 Å². The minimum absolute atomic E-state index is 0.0383. The van der Waals surface area contributed by atoms with E-state index in [2.05, 4.69) is 15.7 Å². The lowest BCUT2D eigenvalue weighted by atomic mass is 10.00. The van der Waals surface area contributed by atoms with E-state index in [4.69, 9.17) is 11.5 Å². The second kappa shape index (κ2) is 10.0. The van der Waals surface area contributed by atoms with Gasteiger partial charge in [-0.05, 0) is 44.2 Å². The summed E-state index contributed by atoms with van der Waals surface area (Å²) in [6.45, 7) is 4.44. The molecule has 2 heterocycles. The van der Waals surface area contributed by atoms with E-state index < -0.39 is 23.8 Å². The smallest absolute Gasteiger partial charge is 0.248 e. The normalized spacial score (nSPS) is 15.8. The van der Waals surface area contributed by atoms with Gasteiger partial charge in [-0.1, -0.05) is 18.2 Å². The van der Waals surface area contributed by atoms with Crippen molar-refractivity contribution in [2.24, 2.45) is 11.5 Å². The van der Waals surface area contributed by atoms with Gasteiger partial charge in [-0.25, -0.2) is 4.68 Å². The molecule has 4 rings (SSSR count). The number of nitrogens with two attached hydrogens (primary N) is 2. The third-order valence-corrected chi connectivity index (χ3v) is 6.07. The number of hydrogen-bond acceptors (Lipinski definition) is 6. The van der Waals surface area contributed by atoms with Gasteiger partial charge in [-0.2, -0.15) is 5.10 Å². The van der Waals surface area contributed by atoms with Crippen LogP contribution in [-0.4, -0.2) is 57.9 Å². The number of primary amides is 2. The quantitative estimate of drug-likeness (QED) is 0.383. The minimum atomic E-state index is -0.761. The molecule has 0 aliphatic carbocycles. The summed E-state index contributed by atoms with van der Waals surface area (Å²) in [6.07, 6.45) is 0. The Labute approximate surface area is 207 Å². The molecule has 6 N–H and O–H groups in total. The Morgan fingerprint density at radius 3 is 2.31 bits per heavy atom. The van der Waals surface area contributed by atoms with Crippen LogP contribution in [0.15, 0.2) is 48.5 Å². The zero-order valence-corrected chi connectivity index (χ0v) is 19.9. The zero-order chi connectivity index (χ0) is 26.0. The van der Waals surface area contributed by atoms with Crippen LogP contribution in [0.25, 0.3) is 5.69 Å². The average molecular weight is 490 g/mol. The Morgan fingerprint density at radius 2 is 1.69 bits per heavy atom. The third kappa shape index (κ3) is 4.96. The highest BCUT2D eigenvalue weighted by Gasteiger charge is 2.36. The molecule has 0 spiro atoms. The van der Waals surface area contributed by atoms with E-state index in [0.29, 0.717) is 18.8 Å². The molecule has 4 amide bonds. The van der Waals surface area contributed by atoms with Crippen LogP contribution in [0.3, 0.4) is 0 Å². The van der Waals surface area contributed by atoms with Crippen LogP contribution in [0.4, 0.5) is 5.69 Å². The Kier molecular flexibility index (Phi) is 6.84. The molecule has 1 aliphatic rings. The molecule has 1 fully saturated rings. The molecule has 186 valence electrons. The number of anilines is 1. The fraction of sp³-hybridized carbons (Fsp3) is 0.240. The SMILES string of the molecule is Cc1nn(-c2ccccc2)c(C)c1C1C(=O)NCCN1CC(=O)Nc1cc(C(N)=O)cc(C(N)=O)c1. The number of aryl methyl sites for hydroxylation is 1. The van der Waals surface area contributed by atoms with Crippen molar-refractivity contribution in [2.75, 3.05) is 25.0 Å². The van der Waals surface area contributed by atoms with Gasteiger partial charge in [0.1, 0.15) is 6.04 Å². The molecule has 36 heavy (non-hydrogen) atoms. The number of amides is 4. The van der Waals surface area contributed by atoms with Crippen molar-refractivity contribution in [1.82, 2.24) is 20.0 Å². The average Bonchev–Trinajstić information content (AvgIpc) is 3.13. The number of para-hydroxylation sites is 1. The lowest BCUT2D eigenvalue weighted by Gasteiger charge is -2.34. The van der Waals surface area contributed by atoms with Crippen LogP contribution >= 0.6 is 0 Å². The van der Waals surface area contributed by atoms with E-state index in [1.165, 1.54) is 18.2 Å². The van der Waals surface area contributed by atoms with E-state index in [-0.39, 0.29) is 29.3 Å². The number of aromatic nitrogens is 2. The van der Waals surface area contributed by atoms with Gasteiger partial charge in [0.05, 0.1) is 17.9 Å². The monoisotopic (exact) mass is 489 g/mol.